The second kappa shape index (κ2) is 3.73. The van der Waals surface area contributed by atoms with Crippen molar-refractivity contribution < 1.29 is 14.3 Å². The number of hydrogen-bond donors (Lipinski definition) is 0. The van der Waals surface area contributed by atoms with Crippen molar-refractivity contribution in [2.24, 2.45) is 5.41 Å². The fourth-order valence-corrected chi connectivity index (χ4v) is 1.35. The predicted octanol–water partition coefficient (Wildman–Crippen LogP) is 2.27. The lowest BCUT2D eigenvalue weighted by Gasteiger charge is -2.36. The van der Waals surface area contributed by atoms with Gasteiger partial charge in [-0.2, -0.15) is 0 Å². The molecule has 14 heavy (non-hydrogen) atoms. The minimum Gasteiger partial charge on any atom is -0.432 e. The fourth-order valence-electron chi connectivity index (χ4n) is 1.35. The summed E-state index contributed by atoms with van der Waals surface area (Å²) in [6.07, 6.45) is 1.12. The molecular weight excluding hydrogens is 180 g/mol. The molecular formula is C11H18O3. The van der Waals surface area contributed by atoms with Crippen LogP contribution in [0.1, 0.15) is 34.6 Å². The van der Waals surface area contributed by atoms with Crippen LogP contribution in [0.5, 0.6) is 0 Å². The Morgan fingerprint density at radius 2 is 1.93 bits per heavy atom. The minimum absolute atomic E-state index is 0.175. The molecule has 3 heteroatoms. The van der Waals surface area contributed by atoms with Crippen LogP contribution in [0.4, 0.5) is 0 Å². The summed E-state index contributed by atoms with van der Waals surface area (Å²) in [6.45, 7) is 9.64. The molecule has 0 unspecified atom stereocenters. The minimum atomic E-state index is -0.450. The molecule has 0 aromatic carbocycles. The molecule has 80 valence electrons. The van der Waals surface area contributed by atoms with Crippen molar-refractivity contribution in [3.63, 3.8) is 0 Å². The van der Waals surface area contributed by atoms with Crippen molar-refractivity contribution in [3.05, 3.63) is 11.6 Å². The van der Waals surface area contributed by atoms with Crippen molar-refractivity contribution in [2.45, 2.75) is 47.0 Å². The van der Waals surface area contributed by atoms with Crippen LogP contribution in [0.15, 0.2) is 11.6 Å². The van der Waals surface area contributed by atoms with Gasteiger partial charge in [0.1, 0.15) is 0 Å². The summed E-state index contributed by atoms with van der Waals surface area (Å²) in [5.41, 5.74) is 0.425. The highest BCUT2D eigenvalue weighted by Crippen LogP contribution is 2.30. The first kappa shape index (κ1) is 11.2. The largest absolute Gasteiger partial charge is 0.432 e. The van der Waals surface area contributed by atoms with Gasteiger partial charge in [-0.1, -0.05) is 26.8 Å². The average molecular weight is 198 g/mol. The van der Waals surface area contributed by atoms with Crippen molar-refractivity contribution in [1.82, 2.24) is 0 Å². The second-order valence-corrected chi connectivity index (χ2v) is 4.63. The smallest absolute Gasteiger partial charge is 0.338 e. The summed E-state index contributed by atoms with van der Waals surface area (Å²) in [7, 11) is 0. The monoisotopic (exact) mass is 198 g/mol. The zero-order chi connectivity index (χ0) is 10.9. The van der Waals surface area contributed by atoms with E-state index in [2.05, 4.69) is 0 Å². The van der Waals surface area contributed by atoms with Crippen LogP contribution in [-0.4, -0.2) is 18.4 Å². The fraction of sp³-hybridized carbons (Fsp3) is 0.727. The quantitative estimate of drug-likeness (QED) is 0.442. The molecule has 0 amide bonds. The van der Waals surface area contributed by atoms with Crippen LogP contribution in [0, 0.1) is 5.41 Å². The third kappa shape index (κ3) is 2.15. The maximum Gasteiger partial charge on any atom is 0.338 e. The molecule has 1 aliphatic rings. The Morgan fingerprint density at radius 1 is 1.36 bits per heavy atom. The number of hydrogen-bond acceptors (Lipinski definition) is 3. The van der Waals surface area contributed by atoms with Gasteiger partial charge in [-0.05, 0) is 13.8 Å². The summed E-state index contributed by atoms with van der Waals surface area (Å²) in [6, 6.07) is 0. The zero-order valence-electron chi connectivity index (χ0n) is 9.46. The first-order chi connectivity index (χ1) is 6.36. The average Bonchev–Trinajstić information content (AvgIpc) is 2.01. The van der Waals surface area contributed by atoms with Gasteiger partial charge in [0.05, 0.1) is 11.7 Å². The van der Waals surface area contributed by atoms with Crippen LogP contribution >= 0.6 is 0 Å². The lowest BCUT2D eigenvalue weighted by Crippen LogP contribution is -2.43. The summed E-state index contributed by atoms with van der Waals surface area (Å²) in [5.74, 6) is -0.258. The molecule has 1 aliphatic heterocycles. The van der Waals surface area contributed by atoms with Gasteiger partial charge in [0.15, 0.2) is 0 Å². The first-order valence-electron chi connectivity index (χ1n) is 4.89. The summed E-state index contributed by atoms with van der Waals surface area (Å²) in [4.78, 5) is 11.5. The van der Waals surface area contributed by atoms with E-state index < -0.39 is 6.29 Å². The van der Waals surface area contributed by atoms with E-state index in [0.29, 0.717) is 5.57 Å². The van der Waals surface area contributed by atoms with Gasteiger partial charge in [-0.25, -0.2) is 4.79 Å². The normalized spacial score (nSPS) is 31.8. The summed E-state index contributed by atoms with van der Waals surface area (Å²) >= 11 is 0. The van der Waals surface area contributed by atoms with Crippen molar-refractivity contribution in [2.75, 3.05) is 0 Å². The van der Waals surface area contributed by atoms with E-state index in [-0.39, 0.29) is 17.5 Å². The molecule has 0 spiro atoms. The highest BCUT2D eigenvalue weighted by atomic mass is 16.7. The molecule has 0 aromatic rings. The van der Waals surface area contributed by atoms with Gasteiger partial charge in [0.25, 0.3) is 0 Å². The van der Waals surface area contributed by atoms with Crippen LogP contribution in [0.25, 0.3) is 0 Å². The van der Waals surface area contributed by atoms with E-state index in [1.165, 1.54) is 0 Å². The van der Waals surface area contributed by atoms with Crippen LogP contribution < -0.4 is 0 Å². The predicted molar refractivity (Wildman–Crippen MR) is 53.6 cm³/mol. The Kier molecular flexibility index (Phi) is 3.00. The van der Waals surface area contributed by atoms with Crippen molar-refractivity contribution in [3.8, 4) is 0 Å². The van der Waals surface area contributed by atoms with E-state index in [0.717, 1.165) is 0 Å². The number of esters is 1. The number of carbonyl (C=O) groups excluding carboxylic acids is 1. The standard InChI is InChI=1S/C11H18O3/c1-6-8-7(2)13-10(11(3,4)5)14-9(8)12/h6-7,10H,1-5H3/b8-6-/t7-,10-/m1/s1. The van der Waals surface area contributed by atoms with Gasteiger partial charge in [0, 0.05) is 5.41 Å². The van der Waals surface area contributed by atoms with E-state index in [9.17, 15) is 4.79 Å². The Bertz CT molecular complexity index is 260. The molecule has 0 bridgehead atoms. The lowest BCUT2D eigenvalue weighted by atomic mass is 9.94. The highest BCUT2D eigenvalue weighted by molar-refractivity contribution is 5.90. The van der Waals surface area contributed by atoms with E-state index in [4.69, 9.17) is 9.47 Å². The second-order valence-electron chi connectivity index (χ2n) is 4.63. The van der Waals surface area contributed by atoms with Crippen molar-refractivity contribution in [1.29, 1.82) is 0 Å². The molecule has 2 atom stereocenters. The summed E-state index contributed by atoms with van der Waals surface area (Å²) < 4.78 is 10.8. The Labute approximate surface area is 85.1 Å². The van der Waals surface area contributed by atoms with Crippen LogP contribution in [-0.2, 0) is 14.3 Å². The summed E-state index contributed by atoms with van der Waals surface area (Å²) in [5, 5.41) is 0. The Balaban J connectivity index is 2.81. The number of rotatable bonds is 0. The van der Waals surface area contributed by atoms with Gasteiger partial charge < -0.3 is 9.47 Å². The van der Waals surface area contributed by atoms with Gasteiger partial charge in [-0.3, -0.25) is 0 Å². The number of cyclic esters (lactones) is 1. The molecule has 0 radical (unpaired) electrons. The highest BCUT2D eigenvalue weighted by Gasteiger charge is 2.37. The van der Waals surface area contributed by atoms with Crippen LogP contribution in [0.3, 0.4) is 0 Å². The third-order valence-corrected chi connectivity index (χ3v) is 2.23. The van der Waals surface area contributed by atoms with Gasteiger partial charge in [-0.15, -0.1) is 0 Å². The molecule has 1 fully saturated rings. The van der Waals surface area contributed by atoms with Gasteiger partial charge >= 0.3 is 5.97 Å². The molecule has 0 N–H and O–H groups in total. The Morgan fingerprint density at radius 3 is 2.29 bits per heavy atom. The maximum atomic E-state index is 11.5. The van der Waals surface area contributed by atoms with E-state index >= 15 is 0 Å². The molecule has 0 saturated carbocycles. The number of allylic oxidation sites excluding steroid dienone is 1. The SMILES string of the molecule is C/C=C1\C(=O)O[C@H](C(C)(C)C)O[C@@H]1C. The number of carbonyl (C=O) groups is 1. The molecule has 0 aromatic heterocycles. The molecule has 1 rings (SSSR count). The number of ether oxygens (including phenoxy) is 2. The molecule has 1 saturated heterocycles. The lowest BCUT2D eigenvalue weighted by molar-refractivity contribution is -0.225. The van der Waals surface area contributed by atoms with E-state index in [1.807, 2.05) is 34.6 Å². The zero-order valence-corrected chi connectivity index (χ0v) is 9.46. The molecule has 0 aliphatic carbocycles. The maximum absolute atomic E-state index is 11.5. The van der Waals surface area contributed by atoms with Gasteiger partial charge in [0.2, 0.25) is 6.29 Å². The first-order valence-corrected chi connectivity index (χ1v) is 4.89. The molecule has 1 heterocycles. The third-order valence-electron chi connectivity index (χ3n) is 2.23. The van der Waals surface area contributed by atoms with E-state index in [1.54, 1.807) is 6.08 Å². The van der Waals surface area contributed by atoms with Crippen LogP contribution in [0.2, 0.25) is 0 Å². The topological polar surface area (TPSA) is 35.5 Å². The molecule has 3 nitrogen and oxygen atoms in total. The van der Waals surface area contributed by atoms with Crippen molar-refractivity contribution >= 4 is 5.97 Å². The Hall–Kier alpha value is -0.830.